The first-order valence-corrected chi connectivity index (χ1v) is 6.89. The fraction of sp³-hybridized carbons (Fsp3) is 0.600. The molecular weight excluding hydrogens is 243 g/mol. The van der Waals surface area contributed by atoms with Crippen LogP contribution in [0.4, 0.5) is 10.1 Å². The molecule has 1 fully saturated rings. The van der Waals surface area contributed by atoms with E-state index in [0.29, 0.717) is 18.3 Å². The van der Waals surface area contributed by atoms with Gasteiger partial charge in [0.1, 0.15) is 5.82 Å². The molecule has 3 nitrogen and oxygen atoms in total. The normalized spacial score (nSPS) is 16.4. The maximum atomic E-state index is 14.3. The average Bonchev–Trinajstić information content (AvgIpc) is 3.24. The molecule has 0 spiro atoms. The summed E-state index contributed by atoms with van der Waals surface area (Å²) in [5.41, 5.74) is 1.68. The zero-order chi connectivity index (χ0) is 13.8. The van der Waals surface area contributed by atoms with Crippen LogP contribution in [0.25, 0.3) is 0 Å². The van der Waals surface area contributed by atoms with Crippen LogP contribution in [0.1, 0.15) is 31.4 Å². The molecule has 0 heterocycles. The number of hydrogen-bond acceptors (Lipinski definition) is 3. The molecule has 106 valence electrons. The number of nitrogens with one attached hydrogen (secondary N) is 1. The molecule has 1 atom stereocenters. The number of nitrogens with zero attached hydrogens (tertiary/aromatic N) is 1. The van der Waals surface area contributed by atoms with E-state index in [4.69, 9.17) is 4.74 Å². The SMILES string of the molecule is CNC(C)c1ccc(N(CCOC)C2CC2)c(F)c1. The number of ether oxygens (including phenoxy) is 1. The molecule has 1 N–H and O–H groups in total. The van der Waals surface area contributed by atoms with Gasteiger partial charge in [-0.3, -0.25) is 0 Å². The Morgan fingerprint density at radius 1 is 1.47 bits per heavy atom. The first-order chi connectivity index (χ1) is 9.17. The van der Waals surface area contributed by atoms with Crippen LogP contribution in [-0.2, 0) is 4.74 Å². The summed E-state index contributed by atoms with van der Waals surface area (Å²) in [6.07, 6.45) is 2.30. The second kappa shape index (κ2) is 6.35. The van der Waals surface area contributed by atoms with Crippen LogP contribution in [0.15, 0.2) is 18.2 Å². The predicted molar refractivity (Wildman–Crippen MR) is 76.1 cm³/mol. The lowest BCUT2D eigenvalue weighted by atomic mass is 10.1. The van der Waals surface area contributed by atoms with E-state index in [1.165, 1.54) is 0 Å². The molecule has 0 radical (unpaired) electrons. The van der Waals surface area contributed by atoms with Crippen molar-refractivity contribution in [3.05, 3.63) is 29.6 Å². The number of rotatable bonds is 7. The molecule has 0 aliphatic heterocycles. The summed E-state index contributed by atoms with van der Waals surface area (Å²) >= 11 is 0. The van der Waals surface area contributed by atoms with Gasteiger partial charge in [0.25, 0.3) is 0 Å². The van der Waals surface area contributed by atoms with Gasteiger partial charge in [-0.05, 0) is 44.5 Å². The van der Waals surface area contributed by atoms with E-state index < -0.39 is 0 Å². The summed E-state index contributed by atoms with van der Waals surface area (Å²) in [6, 6.07) is 6.18. The Bertz CT molecular complexity index is 421. The fourth-order valence-electron chi connectivity index (χ4n) is 2.27. The van der Waals surface area contributed by atoms with Gasteiger partial charge in [0.2, 0.25) is 0 Å². The minimum atomic E-state index is -0.136. The van der Waals surface area contributed by atoms with Crippen LogP contribution in [0.3, 0.4) is 0 Å². The predicted octanol–water partition coefficient (Wildman–Crippen LogP) is 2.72. The van der Waals surface area contributed by atoms with E-state index in [1.54, 1.807) is 13.2 Å². The summed E-state index contributed by atoms with van der Waals surface area (Å²) in [6.45, 7) is 3.40. The highest BCUT2D eigenvalue weighted by atomic mass is 19.1. The summed E-state index contributed by atoms with van der Waals surface area (Å²) in [4.78, 5) is 2.13. The minimum Gasteiger partial charge on any atom is -0.383 e. The van der Waals surface area contributed by atoms with Crippen molar-refractivity contribution in [1.82, 2.24) is 5.32 Å². The van der Waals surface area contributed by atoms with Gasteiger partial charge in [-0.25, -0.2) is 4.39 Å². The lowest BCUT2D eigenvalue weighted by Crippen LogP contribution is -2.30. The Morgan fingerprint density at radius 2 is 2.21 bits per heavy atom. The molecule has 0 amide bonds. The van der Waals surface area contributed by atoms with Gasteiger partial charge in [-0.1, -0.05) is 6.07 Å². The number of halogens is 1. The molecule has 1 aromatic carbocycles. The zero-order valence-corrected chi connectivity index (χ0v) is 11.9. The number of anilines is 1. The molecule has 1 aliphatic rings. The molecule has 2 rings (SSSR count). The highest BCUT2D eigenvalue weighted by Gasteiger charge is 2.30. The summed E-state index contributed by atoms with van der Waals surface area (Å²) in [5, 5.41) is 3.13. The van der Waals surface area contributed by atoms with E-state index in [2.05, 4.69) is 10.2 Å². The molecule has 1 unspecified atom stereocenters. The lowest BCUT2D eigenvalue weighted by molar-refractivity contribution is 0.204. The summed E-state index contributed by atoms with van der Waals surface area (Å²) in [7, 11) is 3.56. The Balaban J connectivity index is 2.17. The van der Waals surface area contributed by atoms with Crippen molar-refractivity contribution < 1.29 is 9.13 Å². The summed E-state index contributed by atoms with van der Waals surface area (Å²) < 4.78 is 19.4. The molecule has 1 aliphatic carbocycles. The topological polar surface area (TPSA) is 24.5 Å². The molecule has 0 saturated heterocycles. The second-order valence-corrected chi connectivity index (χ2v) is 5.14. The van der Waals surface area contributed by atoms with Crippen molar-refractivity contribution in [1.29, 1.82) is 0 Å². The monoisotopic (exact) mass is 266 g/mol. The minimum absolute atomic E-state index is 0.136. The first kappa shape index (κ1) is 14.3. The van der Waals surface area contributed by atoms with Crippen molar-refractivity contribution in [2.75, 3.05) is 32.2 Å². The van der Waals surface area contributed by atoms with Gasteiger partial charge in [0.15, 0.2) is 0 Å². The van der Waals surface area contributed by atoms with E-state index >= 15 is 0 Å². The largest absolute Gasteiger partial charge is 0.383 e. The molecule has 0 aromatic heterocycles. The van der Waals surface area contributed by atoms with Gasteiger partial charge in [-0.15, -0.1) is 0 Å². The van der Waals surface area contributed by atoms with Gasteiger partial charge in [0, 0.05) is 25.7 Å². The standard InChI is InChI=1S/C15H23FN2O/c1-11(17-2)12-4-7-15(14(16)10-12)18(8-9-19-3)13-5-6-13/h4,7,10-11,13,17H,5-6,8-9H2,1-3H3. The first-order valence-electron chi connectivity index (χ1n) is 6.89. The third kappa shape index (κ3) is 3.45. The number of hydrogen-bond donors (Lipinski definition) is 1. The number of methoxy groups -OCH3 is 1. The zero-order valence-electron chi connectivity index (χ0n) is 11.9. The van der Waals surface area contributed by atoms with Crippen molar-refractivity contribution >= 4 is 5.69 Å². The lowest BCUT2D eigenvalue weighted by Gasteiger charge is -2.25. The third-order valence-corrected chi connectivity index (χ3v) is 3.74. The Hall–Kier alpha value is -1.13. The van der Waals surface area contributed by atoms with Crippen LogP contribution in [0.5, 0.6) is 0 Å². The second-order valence-electron chi connectivity index (χ2n) is 5.14. The van der Waals surface area contributed by atoms with Crippen LogP contribution < -0.4 is 10.2 Å². The molecule has 1 saturated carbocycles. The van der Waals surface area contributed by atoms with Crippen LogP contribution in [0, 0.1) is 5.82 Å². The van der Waals surface area contributed by atoms with Gasteiger partial charge >= 0.3 is 0 Å². The van der Waals surface area contributed by atoms with E-state index in [1.807, 2.05) is 26.1 Å². The van der Waals surface area contributed by atoms with Gasteiger partial charge in [-0.2, -0.15) is 0 Å². The van der Waals surface area contributed by atoms with Crippen molar-refractivity contribution in [3.63, 3.8) is 0 Å². The van der Waals surface area contributed by atoms with Crippen molar-refractivity contribution in [3.8, 4) is 0 Å². The van der Waals surface area contributed by atoms with Gasteiger partial charge < -0.3 is 15.0 Å². The highest BCUT2D eigenvalue weighted by molar-refractivity contribution is 5.51. The highest BCUT2D eigenvalue weighted by Crippen LogP contribution is 2.33. The van der Waals surface area contributed by atoms with E-state index in [0.717, 1.165) is 24.9 Å². The fourth-order valence-corrected chi connectivity index (χ4v) is 2.27. The van der Waals surface area contributed by atoms with Crippen LogP contribution in [-0.4, -0.2) is 33.4 Å². The maximum absolute atomic E-state index is 14.3. The molecular formula is C15H23FN2O. The molecule has 4 heteroatoms. The molecule has 19 heavy (non-hydrogen) atoms. The van der Waals surface area contributed by atoms with E-state index in [9.17, 15) is 4.39 Å². The Morgan fingerprint density at radius 3 is 2.74 bits per heavy atom. The Labute approximate surface area is 114 Å². The third-order valence-electron chi connectivity index (χ3n) is 3.74. The quantitative estimate of drug-likeness (QED) is 0.821. The van der Waals surface area contributed by atoms with Gasteiger partial charge in [0.05, 0.1) is 12.3 Å². The average molecular weight is 266 g/mol. The van der Waals surface area contributed by atoms with Crippen LogP contribution in [0.2, 0.25) is 0 Å². The Kier molecular flexibility index (Phi) is 4.77. The van der Waals surface area contributed by atoms with Crippen molar-refractivity contribution in [2.24, 2.45) is 0 Å². The molecule has 0 bridgehead atoms. The summed E-state index contributed by atoms with van der Waals surface area (Å²) in [5.74, 6) is -0.136. The number of benzene rings is 1. The molecule has 1 aromatic rings. The van der Waals surface area contributed by atoms with E-state index in [-0.39, 0.29) is 11.9 Å². The maximum Gasteiger partial charge on any atom is 0.146 e. The van der Waals surface area contributed by atoms with Crippen molar-refractivity contribution in [2.45, 2.75) is 31.8 Å². The van der Waals surface area contributed by atoms with Crippen LogP contribution >= 0.6 is 0 Å². The smallest absolute Gasteiger partial charge is 0.146 e.